The minimum Gasteiger partial charge on any atom is -0.481 e. The predicted octanol–water partition coefficient (Wildman–Crippen LogP) is 6.40. The molecule has 2 aliphatic heterocycles. The molecule has 0 aromatic heterocycles. The number of piperidine rings is 1. The average Bonchev–Trinajstić information content (AvgIpc) is 3.10. The molecule has 48 heavy (non-hydrogen) atoms. The van der Waals surface area contributed by atoms with E-state index in [1.165, 1.54) is 0 Å². The van der Waals surface area contributed by atoms with E-state index in [1.807, 2.05) is 72.8 Å². The summed E-state index contributed by atoms with van der Waals surface area (Å²) in [6, 6.07) is 23.2. The number of rotatable bonds is 15. The summed E-state index contributed by atoms with van der Waals surface area (Å²) >= 11 is 6.07. The third kappa shape index (κ3) is 10.3. The van der Waals surface area contributed by atoms with Crippen LogP contribution in [-0.4, -0.2) is 57.8 Å². The van der Waals surface area contributed by atoms with E-state index in [2.05, 4.69) is 10.2 Å². The molecule has 0 saturated carbocycles. The molecule has 0 aliphatic carbocycles. The number of aliphatic hydroxyl groups is 2. The maximum Gasteiger partial charge on any atom is 0.303 e. The maximum absolute atomic E-state index is 12.3. The predicted molar refractivity (Wildman–Crippen MR) is 183 cm³/mol. The molecular formula is C38H47ClN2O7. The number of halogens is 1. The molecule has 2 heterocycles. The highest BCUT2D eigenvalue weighted by Gasteiger charge is 2.37. The molecule has 3 aromatic carbocycles. The number of aliphatic carboxylic acids is 1. The monoisotopic (exact) mass is 678 g/mol. The third-order valence-corrected chi connectivity index (χ3v) is 9.68. The number of carbonyl (C=O) groups is 2. The van der Waals surface area contributed by atoms with E-state index in [0.29, 0.717) is 50.2 Å². The zero-order chi connectivity index (χ0) is 33.9. The lowest BCUT2D eigenvalue weighted by molar-refractivity contribution is -0.253. The number of ether oxygens (including phenoxy) is 2. The van der Waals surface area contributed by atoms with Gasteiger partial charge in [0.25, 0.3) is 0 Å². The largest absolute Gasteiger partial charge is 0.481 e. The Balaban J connectivity index is 1.17. The van der Waals surface area contributed by atoms with E-state index < -0.39 is 17.9 Å². The molecule has 9 nitrogen and oxygen atoms in total. The molecule has 258 valence electrons. The molecule has 3 aromatic rings. The second kappa shape index (κ2) is 17.4. The van der Waals surface area contributed by atoms with Gasteiger partial charge in [-0.3, -0.25) is 9.59 Å². The first-order chi connectivity index (χ1) is 23.2. The van der Waals surface area contributed by atoms with E-state index in [-0.39, 0.29) is 31.1 Å². The lowest BCUT2D eigenvalue weighted by atomic mass is 9.84. The summed E-state index contributed by atoms with van der Waals surface area (Å²) in [5.74, 6) is -0.796. The van der Waals surface area contributed by atoms with Crippen LogP contribution in [0.4, 0.5) is 0 Å². The summed E-state index contributed by atoms with van der Waals surface area (Å²) in [6.45, 7) is 2.60. The van der Waals surface area contributed by atoms with Crippen LogP contribution in [0.2, 0.25) is 5.02 Å². The molecule has 3 unspecified atom stereocenters. The highest BCUT2D eigenvalue weighted by Crippen LogP contribution is 2.39. The van der Waals surface area contributed by atoms with Gasteiger partial charge in [-0.2, -0.15) is 0 Å². The molecule has 2 saturated heterocycles. The van der Waals surface area contributed by atoms with Crippen molar-refractivity contribution >= 4 is 23.5 Å². The van der Waals surface area contributed by atoms with Crippen LogP contribution < -0.4 is 5.32 Å². The Hall–Kier alpha value is -3.31. The van der Waals surface area contributed by atoms with Gasteiger partial charge in [-0.1, -0.05) is 85.1 Å². The Bertz CT molecular complexity index is 1460. The lowest BCUT2D eigenvalue weighted by Crippen LogP contribution is -2.46. The Morgan fingerprint density at radius 1 is 0.833 bits per heavy atom. The van der Waals surface area contributed by atoms with Crippen LogP contribution in [0.25, 0.3) is 0 Å². The molecule has 2 fully saturated rings. The van der Waals surface area contributed by atoms with Crippen molar-refractivity contribution in [2.75, 3.05) is 19.6 Å². The highest BCUT2D eigenvalue weighted by molar-refractivity contribution is 6.30. The van der Waals surface area contributed by atoms with E-state index >= 15 is 0 Å². The minimum absolute atomic E-state index is 0.0150. The quantitative estimate of drug-likeness (QED) is 0.136. The van der Waals surface area contributed by atoms with Gasteiger partial charge in [0.05, 0.1) is 24.4 Å². The molecule has 0 radical (unpaired) electrons. The zero-order valence-corrected chi connectivity index (χ0v) is 28.1. The molecule has 3 atom stereocenters. The molecule has 2 aliphatic rings. The number of aliphatic hydroxyl groups excluding tert-OH is 1. The Morgan fingerprint density at radius 2 is 1.46 bits per heavy atom. The number of carbonyl (C=O) groups excluding carboxylic acids is 1. The second-order valence-corrected chi connectivity index (χ2v) is 13.5. The van der Waals surface area contributed by atoms with Crippen molar-refractivity contribution in [1.29, 1.82) is 0 Å². The van der Waals surface area contributed by atoms with E-state index in [1.54, 1.807) is 0 Å². The summed E-state index contributed by atoms with van der Waals surface area (Å²) in [6.07, 6.45) is 4.69. The van der Waals surface area contributed by atoms with Gasteiger partial charge < -0.3 is 35.0 Å². The van der Waals surface area contributed by atoms with Crippen LogP contribution in [0.15, 0.2) is 72.8 Å². The first-order valence-corrected chi connectivity index (χ1v) is 17.4. The van der Waals surface area contributed by atoms with Crippen LogP contribution in [0.1, 0.15) is 98.0 Å². The van der Waals surface area contributed by atoms with Crippen molar-refractivity contribution in [3.8, 4) is 0 Å². The van der Waals surface area contributed by atoms with Gasteiger partial charge in [-0.25, -0.2) is 0 Å². The normalized spacial score (nSPS) is 21.1. The van der Waals surface area contributed by atoms with Gasteiger partial charge in [0.1, 0.15) is 0 Å². The van der Waals surface area contributed by atoms with Gasteiger partial charge in [0.15, 0.2) is 6.29 Å². The fraction of sp³-hybridized carbons (Fsp3) is 0.474. The number of hydrogen-bond acceptors (Lipinski definition) is 7. The van der Waals surface area contributed by atoms with Crippen molar-refractivity contribution in [3.63, 3.8) is 0 Å². The highest BCUT2D eigenvalue weighted by atomic mass is 35.5. The lowest BCUT2D eigenvalue weighted by Gasteiger charge is -2.42. The number of hydrogen-bond donors (Lipinski definition) is 4. The van der Waals surface area contributed by atoms with Crippen LogP contribution in [0.3, 0.4) is 0 Å². The summed E-state index contributed by atoms with van der Waals surface area (Å²) in [5.41, 5.74) is 3.76. The maximum atomic E-state index is 12.3. The van der Waals surface area contributed by atoms with Crippen molar-refractivity contribution in [1.82, 2.24) is 10.2 Å². The second-order valence-electron chi connectivity index (χ2n) is 13.0. The Morgan fingerprint density at radius 3 is 2.10 bits per heavy atom. The molecule has 0 spiro atoms. The van der Waals surface area contributed by atoms with Crippen molar-refractivity contribution in [2.24, 2.45) is 0 Å². The molecular weight excluding hydrogens is 632 g/mol. The number of likely N-dealkylation sites (tertiary alicyclic amines) is 1. The minimum atomic E-state index is -0.873. The summed E-state index contributed by atoms with van der Waals surface area (Å²) in [7, 11) is 0. The van der Waals surface area contributed by atoms with Gasteiger partial charge in [-0.05, 0) is 60.1 Å². The Kier molecular flexibility index (Phi) is 13.0. The first-order valence-electron chi connectivity index (χ1n) is 17.0. The van der Waals surface area contributed by atoms with E-state index in [9.17, 15) is 19.8 Å². The molecule has 4 N–H and O–H groups in total. The van der Waals surface area contributed by atoms with Crippen LogP contribution in [0.5, 0.6) is 0 Å². The Labute approximate surface area is 287 Å². The molecule has 10 heteroatoms. The first kappa shape index (κ1) is 36.0. The number of unbranched alkanes of at least 4 members (excludes halogenated alkanes) is 3. The number of carboxylic acids is 1. The number of benzene rings is 3. The fourth-order valence-electron chi connectivity index (χ4n) is 6.47. The van der Waals surface area contributed by atoms with E-state index in [0.717, 1.165) is 60.2 Å². The van der Waals surface area contributed by atoms with Crippen molar-refractivity contribution in [2.45, 2.75) is 95.0 Å². The van der Waals surface area contributed by atoms with Gasteiger partial charge in [-0.15, -0.1) is 0 Å². The number of amides is 1. The smallest absolute Gasteiger partial charge is 0.303 e. The summed E-state index contributed by atoms with van der Waals surface area (Å²) in [4.78, 5) is 25.3. The van der Waals surface area contributed by atoms with Gasteiger partial charge >= 0.3 is 5.97 Å². The topological polar surface area (TPSA) is 129 Å². The molecule has 5 rings (SSSR count). The SMILES string of the molecule is O=C(O)CCCCCCC(=O)NCc1ccc(C2OC(CN3CCC(O)(c4ccc(Cl)cc4)CC3)CC(c3ccc(CO)cc3)O2)cc1. The van der Waals surface area contributed by atoms with E-state index in [4.69, 9.17) is 26.2 Å². The van der Waals surface area contributed by atoms with Crippen LogP contribution in [-0.2, 0) is 37.8 Å². The van der Waals surface area contributed by atoms with Gasteiger partial charge in [0, 0.05) is 56.0 Å². The van der Waals surface area contributed by atoms with Gasteiger partial charge in [0.2, 0.25) is 5.91 Å². The average molecular weight is 679 g/mol. The summed E-state index contributed by atoms with van der Waals surface area (Å²) in [5, 5.41) is 33.3. The number of nitrogens with one attached hydrogen (secondary N) is 1. The molecule has 1 amide bonds. The third-order valence-electron chi connectivity index (χ3n) is 9.43. The van der Waals surface area contributed by atoms with Crippen molar-refractivity contribution in [3.05, 3.63) is 106 Å². The molecule has 0 bridgehead atoms. The summed E-state index contributed by atoms with van der Waals surface area (Å²) < 4.78 is 13.1. The number of nitrogens with zero attached hydrogens (tertiary/aromatic N) is 1. The number of carboxylic acid groups (broad SMARTS) is 1. The van der Waals surface area contributed by atoms with Crippen LogP contribution in [0, 0.1) is 0 Å². The fourth-order valence-corrected chi connectivity index (χ4v) is 6.60. The standard InChI is InChI=1S/C38H47ClN2O7/c39-32-17-15-31(16-18-32)38(46)19-21-41(22-20-38)25-33-23-34(29-11-9-28(26-42)10-12-29)48-37(47-33)30-13-7-27(8-14-30)24-40-35(43)5-3-1-2-4-6-36(44)45/h7-18,33-34,37,42,46H,1-6,19-26H2,(H,40,43)(H,44,45). The zero-order valence-electron chi connectivity index (χ0n) is 27.4. The van der Waals surface area contributed by atoms with Crippen molar-refractivity contribution < 1.29 is 34.4 Å². The van der Waals surface area contributed by atoms with Crippen LogP contribution >= 0.6 is 11.6 Å².